The van der Waals surface area contributed by atoms with Gasteiger partial charge in [-0.15, -0.1) is 0 Å². The zero-order chi connectivity index (χ0) is 20.7. The Labute approximate surface area is 174 Å². The Hall–Kier alpha value is -3.41. The molecule has 4 aromatic rings. The molecule has 0 unspecified atom stereocenters. The lowest BCUT2D eigenvalue weighted by atomic mass is 10.1. The fourth-order valence-electron chi connectivity index (χ4n) is 3.96. The van der Waals surface area contributed by atoms with Gasteiger partial charge in [-0.3, -0.25) is 0 Å². The van der Waals surface area contributed by atoms with Crippen molar-refractivity contribution in [2.75, 3.05) is 31.1 Å². The van der Waals surface area contributed by atoms with Crippen LogP contribution in [0.3, 0.4) is 0 Å². The minimum absolute atomic E-state index is 0.0867. The number of pyridine rings is 1. The predicted octanol–water partition coefficient (Wildman–Crippen LogP) is 2.71. The van der Waals surface area contributed by atoms with Crippen LogP contribution in [-0.4, -0.2) is 43.6 Å². The van der Waals surface area contributed by atoms with Crippen LogP contribution in [0, 0.1) is 11.3 Å². The number of hydrogen-bond donors (Lipinski definition) is 1. The van der Waals surface area contributed by atoms with Crippen LogP contribution in [0.2, 0.25) is 0 Å². The van der Waals surface area contributed by atoms with Crippen LogP contribution in [0.25, 0.3) is 21.8 Å². The number of para-hydroxylation sites is 1. The summed E-state index contributed by atoms with van der Waals surface area (Å²) in [5, 5.41) is 14.1. The van der Waals surface area contributed by atoms with E-state index in [1.165, 1.54) is 16.1 Å². The highest BCUT2D eigenvalue weighted by atomic mass is 32.2. The van der Waals surface area contributed by atoms with Crippen molar-refractivity contribution in [3.05, 3.63) is 66.4 Å². The van der Waals surface area contributed by atoms with Gasteiger partial charge in [-0.05, 0) is 30.3 Å². The monoisotopic (exact) mass is 417 g/mol. The standard InChI is InChI=1S/C22H19N5O2S/c23-15-16-4-3-5-17(14-16)30(28,29)27-11-8-19-21(27)18-6-1-2-7-20(18)25-22(19)26-12-9-24-10-13-26/h1-8,11,14,24H,9-10,12-13H2. The Balaban J connectivity index is 1.80. The molecule has 0 atom stereocenters. The second kappa shape index (κ2) is 7.13. The van der Waals surface area contributed by atoms with Crippen molar-refractivity contribution in [2.45, 2.75) is 4.90 Å². The first-order chi connectivity index (χ1) is 14.6. The number of fused-ring (bicyclic) bond motifs is 3. The van der Waals surface area contributed by atoms with Crippen molar-refractivity contribution in [3.8, 4) is 6.07 Å². The maximum absolute atomic E-state index is 13.5. The molecular formula is C22H19N5O2S. The number of nitrogens with zero attached hydrogens (tertiary/aromatic N) is 4. The topological polar surface area (TPSA) is 91.0 Å². The van der Waals surface area contributed by atoms with Gasteiger partial charge in [0.05, 0.1) is 27.6 Å². The first-order valence-electron chi connectivity index (χ1n) is 9.71. The number of nitriles is 1. The zero-order valence-electron chi connectivity index (χ0n) is 16.1. The van der Waals surface area contributed by atoms with E-state index < -0.39 is 10.0 Å². The normalized spacial score (nSPS) is 14.8. The minimum Gasteiger partial charge on any atom is -0.353 e. The lowest BCUT2D eigenvalue weighted by Gasteiger charge is -2.29. The number of nitrogens with one attached hydrogen (secondary N) is 1. The molecule has 1 aliphatic rings. The van der Waals surface area contributed by atoms with E-state index in [4.69, 9.17) is 4.98 Å². The average molecular weight is 417 g/mol. The van der Waals surface area contributed by atoms with Gasteiger partial charge in [-0.1, -0.05) is 24.3 Å². The molecule has 8 heteroatoms. The maximum Gasteiger partial charge on any atom is 0.268 e. The average Bonchev–Trinajstić information content (AvgIpc) is 3.25. The largest absolute Gasteiger partial charge is 0.353 e. The second-order valence-corrected chi connectivity index (χ2v) is 9.02. The van der Waals surface area contributed by atoms with Gasteiger partial charge in [0.1, 0.15) is 5.82 Å². The third-order valence-electron chi connectivity index (χ3n) is 5.42. The van der Waals surface area contributed by atoms with Crippen molar-refractivity contribution in [1.29, 1.82) is 5.26 Å². The lowest BCUT2D eigenvalue weighted by Crippen LogP contribution is -2.44. The molecule has 0 bridgehead atoms. The molecule has 7 nitrogen and oxygen atoms in total. The van der Waals surface area contributed by atoms with E-state index in [9.17, 15) is 13.7 Å². The van der Waals surface area contributed by atoms with Crippen LogP contribution in [0.1, 0.15) is 5.56 Å². The number of anilines is 1. The van der Waals surface area contributed by atoms with Crippen molar-refractivity contribution < 1.29 is 8.42 Å². The summed E-state index contributed by atoms with van der Waals surface area (Å²) < 4.78 is 28.3. The molecule has 150 valence electrons. The van der Waals surface area contributed by atoms with Gasteiger partial charge >= 0.3 is 0 Å². The summed E-state index contributed by atoms with van der Waals surface area (Å²) >= 11 is 0. The van der Waals surface area contributed by atoms with Gasteiger partial charge < -0.3 is 10.2 Å². The van der Waals surface area contributed by atoms with Gasteiger partial charge in [0.25, 0.3) is 10.0 Å². The molecule has 0 amide bonds. The number of hydrogen-bond acceptors (Lipinski definition) is 6. The third kappa shape index (κ3) is 2.91. The summed E-state index contributed by atoms with van der Waals surface area (Å²) in [4.78, 5) is 7.15. The Morgan fingerprint density at radius 1 is 1.00 bits per heavy atom. The highest BCUT2D eigenvalue weighted by molar-refractivity contribution is 7.90. The van der Waals surface area contributed by atoms with Crippen molar-refractivity contribution in [2.24, 2.45) is 0 Å². The molecule has 30 heavy (non-hydrogen) atoms. The van der Waals surface area contributed by atoms with E-state index in [-0.39, 0.29) is 4.90 Å². The number of piperazine rings is 1. The van der Waals surface area contributed by atoms with Gasteiger partial charge in [-0.25, -0.2) is 17.4 Å². The van der Waals surface area contributed by atoms with Crippen LogP contribution >= 0.6 is 0 Å². The van der Waals surface area contributed by atoms with Crippen molar-refractivity contribution in [3.63, 3.8) is 0 Å². The van der Waals surface area contributed by atoms with E-state index in [0.29, 0.717) is 11.1 Å². The summed E-state index contributed by atoms with van der Waals surface area (Å²) in [7, 11) is -3.89. The van der Waals surface area contributed by atoms with Crippen LogP contribution in [0.15, 0.2) is 65.7 Å². The van der Waals surface area contributed by atoms with Crippen LogP contribution < -0.4 is 10.2 Å². The first kappa shape index (κ1) is 18.6. The van der Waals surface area contributed by atoms with Crippen molar-refractivity contribution in [1.82, 2.24) is 14.3 Å². The molecule has 0 saturated carbocycles. The molecule has 0 spiro atoms. The molecule has 1 N–H and O–H groups in total. The molecule has 1 saturated heterocycles. The third-order valence-corrected chi connectivity index (χ3v) is 7.09. The van der Waals surface area contributed by atoms with E-state index in [1.54, 1.807) is 18.3 Å². The Morgan fingerprint density at radius 3 is 2.60 bits per heavy atom. The fourth-order valence-corrected chi connectivity index (χ4v) is 5.37. The summed E-state index contributed by atoms with van der Waals surface area (Å²) in [5.41, 5.74) is 1.66. The highest BCUT2D eigenvalue weighted by Gasteiger charge is 2.24. The molecule has 5 rings (SSSR count). The van der Waals surface area contributed by atoms with E-state index in [0.717, 1.165) is 48.3 Å². The molecule has 3 heterocycles. The minimum atomic E-state index is -3.89. The van der Waals surface area contributed by atoms with Gasteiger partial charge in [0.15, 0.2) is 0 Å². The smallest absolute Gasteiger partial charge is 0.268 e. The van der Waals surface area contributed by atoms with E-state index in [1.807, 2.05) is 36.4 Å². The maximum atomic E-state index is 13.5. The van der Waals surface area contributed by atoms with Crippen LogP contribution in [-0.2, 0) is 10.0 Å². The Kier molecular flexibility index (Phi) is 4.42. The summed E-state index contributed by atoms with van der Waals surface area (Å²) in [5.74, 6) is 0.796. The molecule has 2 aromatic carbocycles. The van der Waals surface area contributed by atoms with Gasteiger partial charge in [0, 0.05) is 43.1 Å². The summed E-state index contributed by atoms with van der Waals surface area (Å²) in [6.07, 6.45) is 1.58. The SMILES string of the molecule is N#Cc1cccc(S(=O)(=O)n2ccc3c(N4CCNCC4)nc4ccccc4c32)c1. The predicted molar refractivity (Wildman–Crippen MR) is 116 cm³/mol. The molecule has 2 aromatic heterocycles. The van der Waals surface area contributed by atoms with Crippen LogP contribution in [0.4, 0.5) is 5.82 Å². The Morgan fingerprint density at radius 2 is 1.80 bits per heavy atom. The molecule has 1 fully saturated rings. The first-order valence-corrected chi connectivity index (χ1v) is 11.1. The number of rotatable bonds is 3. The van der Waals surface area contributed by atoms with Crippen molar-refractivity contribution >= 4 is 37.6 Å². The van der Waals surface area contributed by atoms with Gasteiger partial charge in [-0.2, -0.15) is 5.26 Å². The molecule has 0 aliphatic carbocycles. The van der Waals surface area contributed by atoms with Gasteiger partial charge in [0.2, 0.25) is 0 Å². The quantitative estimate of drug-likeness (QED) is 0.551. The molecular weight excluding hydrogens is 398 g/mol. The second-order valence-electron chi connectivity index (χ2n) is 7.21. The Bertz CT molecular complexity index is 1410. The summed E-state index contributed by atoms with van der Waals surface area (Å²) in [6, 6.07) is 17.5. The van der Waals surface area contributed by atoms with Crippen LogP contribution in [0.5, 0.6) is 0 Å². The van der Waals surface area contributed by atoms with E-state index >= 15 is 0 Å². The fraction of sp³-hybridized carbons (Fsp3) is 0.182. The molecule has 0 radical (unpaired) electrons. The van der Waals surface area contributed by atoms with E-state index in [2.05, 4.69) is 10.2 Å². The number of aromatic nitrogens is 2. The molecule has 1 aliphatic heterocycles. The lowest BCUT2D eigenvalue weighted by molar-refractivity contribution is 0.586. The number of benzene rings is 2. The summed E-state index contributed by atoms with van der Waals surface area (Å²) in [6.45, 7) is 3.33. The zero-order valence-corrected chi connectivity index (χ0v) is 16.9. The highest BCUT2D eigenvalue weighted by Crippen LogP contribution is 2.34.